The molecule has 0 heterocycles. The number of aromatic hydroxyl groups is 2. The van der Waals surface area contributed by atoms with Crippen molar-refractivity contribution in [1.29, 1.82) is 0 Å². The zero-order valence-electron chi connectivity index (χ0n) is 11.8. The predicted octanol–water partition coefficient (Wildman–Crippen LogP) is 2.96. The first-order chi connectivity index (χ1) is 10.5. The number of hydrogen-bond donors (Lipinski definition) is 4. The molecule has 4 N–H and O–H groups in total. The molecule has 4 nitrogen and oxygen atoms in total. The average Bonchev–Trinajstić information content (AvgIpc) is 2.50. The highest BCUT2D eigenvalue weighted by molar-refractivity contribution is 7.80. The van der Waals surface area contributed by atoms with Crippen LogP contribution in [0, 0.1) is 0 Å². The van der Waals surface area contributed by atoms with E-state index in [2.05, 4.69) is 10.6 Å². The third kappa shape index (κ3) is 5.09. The normalized spacial score (nSPS) is 10.2. The van der Waals surface area contributed by atoms with E-state index in [0.29, 0.717) is 18.2 Å². The van der Waals surface area contributed by atoms with Crippen molar-refractivity contribution in [3.05, 3.63) is 58.6 Å². The van der Waals surface area contributed by atoms with Crippen molar-refractivity contribution in [2.45, 2.75) is 13.0 Å². The molecule has 0 saturated carbocycles. The molecule has 2 rings (SSSR count). The van der Waals surface area contributed by atoms with E-state index in [4.69, 9.17) is 23.8 Å². The summed E-state index contributed by atoms with van der Waals surface area (Å²) in [6.45, 7) is 1.19. The highest BCUT2D eigenvalue weighted by Gasteiger charge is 2.02. The first-order valence-corrected chi connectivity index (χ1v) is 7.60. The van der Waals surface area contributed by atoms with E-state index in [1.807, 2.05) is 24.3 Å². The zero-order chi connectivity index (χ0) is 15.9. The fourth-order valence-corrected chi connectivity index (χ4v) is 2.20. The van der Waals surface area contributed by atoms with Crippen LogP contribution in [0.5, 0.6) is 11.5 Å². The van der Waals surface area contributed by atoms with Gasteiger partial charge in [0.25, 0.3) is 0 Å². The molecule has 116 valence electrons. The van der Waals surface area contributed by atoms with E-state index in [1.165, 1.54) is 17.7 Å². The highest BCUT2D eigenvalue weighted by atomic mass is 35.5. The van der Waals surface area contributed by atoms with E-state index < -0.39 is 0 Å². The maximum absolute atomic E-state index is 9.42. The first-order valence-electron chi connectivity index (χ1n) is 6.81. The van der Waals surface area contributed by atoms with Gasteiger partial charge in [0.1, 0.15) is 0 Å². The molecule has 0 saturated heterocycles. The van der Waals surface area contributed by atoms with Gasteiger partial charge in [-0.05, 0) is 54.0 Å². The number of benzene rings is 2. The summed E-state index contributed by atoms with van der Waals surface area (Å²) in [6, 6.07) is 12.4. The second-order valence-electron chi connectivity index (χ2n) is 4.81. The number of phenolic OH excluding ortho intramolecular Hbond substituents is 2. The summed E-state index contributed by atoms with van der Waals surface area (Å²) < 4.78 is 0. The Balaban J connectivity index is 1.71. The molecule has 0 aromatic heterocycles. The fourth-order valence-electron chi connectivity index (χ4n) is 1.90. The molecule has 2 aromatic carbocycles. The van der Waals surface area contributed by atoms with Gasteiger partial charge >= 0.3 is 0 Å². The number of nitrogens with one attached hydrogen (secondary N) is 2. The molecule has 0 atom stereocenters. The largest absolute Gasteiger partial charge is 0.504 e. The SMILES string of the molecule is Oc1ccc(CNC(=S)NCCc2ccc(Cl)cc2)cc1O. The van der Waals surface area contributed by atoms with E-state index in [0.717, 1.165) is 17.0 Å². The van der Waals surface area contributed by atoms with Crippen LogP contribution >= 0.6 is 23.8 Å². The lowest BCUT2D eigenvalue weighted by Gasteiger charge is -2.11. The fraction of sp³-hybridized carbons (Fsp3) is 0.188. The summed E-state index contributed by atoms with van der Waals surface area (Å²) in [7, 11) is 0. The summed E-state index contributed by atoms with van der Waals surface area (Å²) >= 11 is 11.0. The lowest BCUT2D eigenvalue weighted by atomic mass is 10.1. The van der Waals surface area contributed by atoms with Gasteiger partial charge in [-0.25, -0.2) is 0 Å². The smallest absolute Gasteiger partial charge is 0.166 e. The summed E-state index contributed by atoms with van der Waals surface area (Å²) in [6.07, 6.45) is 0.846. The van der Waals surface area contributed by atoms with E-state index in [-0.39, 0.29) is 11.5 Å². The van der Waals surface area contributed by atoms with Crippen LogP contribution in [-0.2, 0) is 13.0 Å². The van der Waals surface area contributed by atoms with Crippen LogP contribution in [0.3, 0.4) is 0 Å². The first kappa shape index (κ1) is 16.4. The molecule has 0 unspecified atom stereocenters. The van der Waals surface area contributed by atoms with Gasteiger partial charge in [-0.3, -0.25) is 0 Å². The molecule has 0 bridgehead atoms. The van der Waals surface area contributed by atoms with Crippen LogP contribution in [0.2, 0.25) is 5.02 Å². The lowest BCUT2D eigenvalue weighted by Crippen LogP contribution is -2.35. The van der Waals surface area contributed by atoms with Gasteiger partial charge in [0.15, 0.2) is 16.6 Å². The maximum atomic E-state index is 9.42. The number of phenols is 2. The Morgan fingerprint density at radius 3 is 2.32 bits per heavy atom. The Kier molecular flexibility index (Phi) is 5.86. The predicted molar refractivity (Wildman–Crippen MR) is 92.4 cm³/mol. The van der Waals surface area contributed by atoms with E-state index in [9.17, 15) is 10.2 Å². The quantitative estimate of drug-likeness (QED) is 0.499. The zero-order valence-corrected chi connectivity index (χ0v) is 13.4. The Hall–Kier alpha value is -1.98. The summed E-state index contributed by atoms with van der Waals surface area (Å²) in [5, 5.41) is 26.1. The summed E-state index contributed by atoms with van der Waals surface area (Å²) in [5.41, 5.74) is 2.01. The van der Waals surface area contributed by atoms with Gasteiger partial charge in [-0.2, -0.15) is 0 Å². The van der Waals surface area contributed by atoms with Crippen molar-refractivity contribution in [2.24, 2.45) is 0 Å². The Morgan fingerprint density at radius 2 is 1.64 bits per heavy atom. The van der Waals surface area contributed by atoms with Gasteiger partial charge in [0, 0.05) is 18.1 Å². The topological polar surface area (TPSA) is 64.5 Å². The Bertz CT molecular complexity index is 647. The molecular formula is C16H17ClN2O2S. The second-order valence-corrected chi connectivity index (χ2v) is 5.65. The average molecular weight is 337 g/mol. The van der Waals surface area contributed by atoms with Crippen LogP contribution in [0.1, 0.15) is 11.1 Å². The summed E-state index contributed by atoms with van der Waals surface area (Å²) in [5.74, 6) is -0.270. The van der Waals surface area contributed by atoms with Crippen LogP contribution in [0.25, 0.3) is 0 Å². The molecule has 0 amide bonds. The molecule has 0 spiro atoms. The lowest BCUT2D eigenvalue weighted by molar-refractivity contribution is 0.403. The summed E-state index contributed by atoms with van der Waals surface area (Å²) in [4.78, 5) is 0. The number of rotatable bonds is 5. The van der Waals surface area contributed by atoms with Crippen LogP contribution < -0.4 is 10.6 Å². The van der Waals surface area contributed by atoms with Gasteiger partial charge in [-0.15, -0.1) is 0 Å². The number of halogens is 1. The molecule has 6 heteroatoms. The molecule has 2 aromatic rings. The van der Waals surface area contributed by atoms with Crippen molar-refractivity contribution in [3.8, 4) is 11.5 Å². The molecule has 0 fully saturated rings. The van der Waals surface area contributed by atoms with E-state index in [1.54, 1.807) is 6.07 Å². The minimum atomic E-state index is -0.138. The molecule has 22 heavy (non-hydrogen) atoms. The highest BCUT2D eigenvalue weighted by Crippen LogP contribution is 2.24. The van der Waals surface area contributed by atoms with Crippen LogP contribution in [0.4, 0.5) is 0 Å². The standard InChI is InChI=1S/C16H17ClN2O2S/c17-13-4-1-11(2-5-13)7-8-18-16(22)19-10-12-3-6-14(20)15(21)9-12/h1-6,9,20-21H,7-8,10H2,(H2,18,19,22). The Morgan fingerprint density at radius 1 is 0.955 bits per heavy atom. The molecule has 0 aliphatic heterocycles. The van der Waals surface area contributed by atoms with Crippen molar-refractivity contribution in [1.82, 2.24) is 10.6 Å². The van der Waals surface area contributed by atoms with Gasteiger partial charge in [0.05, 0.1) is 0 Å². The van der Waals surface area contributed by atoms with Crippen LogP contribution in [0.15, 0.2) is 42.5 Å². The van der Waals surface area contributed by atoms with Gasteiger partial charge in [0.2, 0.25) is 0 Å². The number of thiocarbonyl (C=S) groups is 1. The van der Waals surface area contributed by atoms with Crippen molar-refractivity contribution in [3.63, 3.8) is 0 Å². The van der Waals surface area contributed by atoms with Crippen LogP contribution in [-0.4, -0.2) is 21.9 Å². The minimum Gasteiger partial charge on any atom is -0.504 e. The van der Waals surface area contributed by atoms with Crippen molar-refractivity contribution >= 4 is 28.9 Å². The Labute approximate surface area is 139 Å². The monoisotopic (exact) mass is 336 g/mol. The molecule has 0 radical (unpaired) electrons. The van der Waals surface area contributed by atoms with Gasteiger partial charge in [-0.1, -0.05) is 29.8 Å². The van der Waals surface area contributed by atoms with E-state index >= 15 is 0 Å². The molecule has 0 aliphatic rings. The molecule has 0 aliphatic carbocycles. The minimum absolute atomic E-state index is 0.132. The number of hydrogen-bond acceptors (Lipinski definition) is 3. The van der Waals surface area contributed by atoms with Crippen molar-refractivity contribution in [2.75, 3.05) is 6.54 Å². The third-order valence-corrected chi connectivity index (χ3v) is 3.65. The molecular weight excluding hydrogens is 320 g/mol. The maximum Gasteiger partial charge on any atom is 0.166 e. The van der Waals surface area contributed by atoms with Crippen molar-refractivity contribution < 1.29 is 10.2 Å². The second kappa shape index (κ2) is 7.87. The van der Waals surface area contributed by atoms with Gasteiger partial charge < -0.3 is 20.8 Å². The third-order valence-electron chi connectivity index (χ3n) is 3.11.